The van der Waals surface area contributed by atoms with Crippen molar-refractivity contribution in [2.45, 2.75) is 105 Å². The molecule has 0 radical (unpaired) electrons. The number of thiazole rings is 1. The fraction of sp³-hybridized carbons (Fsp3) is 0.636. The summed E-state index contributed by atoms with van der Waals surface area (Å²) in [6, 6.07) is 4.81. The van der Waals surface area contributed by atoms with Crippen LogP contribution in [0.4, 0.5) is 0 Å². The number of ether oxygens (including phenoxy) is 2. The molecule has 1 aliphatic heterocycles. The van der Waals surface area contributed by atoms with Gasteiger partial charge in [0, 0.05) is 28.5 Å². The second-order valence-corrected chi connectivity index (χ2v) is 15.7. The van der Waals surface area contributed by atoms with Gasteiger partial charge in [0.15, 0.2) is 0 Å². The molecule has 0 spiro atoms. The van der Waals surface area contributed by atoms with Crippen LogP contribution in [-0.2, 0) is 19.7 Å². The number of esters is 1. The Bertz CT molecular complexity index is 1320. The summed E-state index contributed by atoms with van der Waals surface area (Å²) in [6.07, 6.45) is 2.55. The number of ketones is 1. The summed E-state index contributed by atoms with van der Waals surface area (Å²) < 4.78 is 11.9. The van der Waals surface area contributed by atoms with Gasteiger partial charge < -0.3 is 14.4 Å². The van der Waals surface area contributed by atoms with E-state index in [0.29, 0.717) is 29.2 Å². The highest BCUT2D eigenvalue weighted by atomic mass is 32.1. The summed E-state index contributed by atoms with van der Waals surface area (Å²) in [7, 11) is 1.60. The number of carbonyl (C=O) groups is 3. The highest BCUT2D eigenvalue weighted by Crippen LogP contribution is 2.63. The van der Waals surface area contributed by atoms with Gasteiger partial charge >= 0.3 is 5.97 Å². The third-order valence-electron chi connectivity index (χ3n) is 8.45. The van der Waals surface area contributed by atoms with E-state index < -0.39 is 40.4 Å². The number of aromatic nitrogens is 1. The average Bonchev–Trinajstić information content (AvgIpc) is 3.52. The maximum absolute atomic E-state index is 14.9. The molecule has 1 unspecified atom stereocenters. The molecular weight excluding hydrogens is 536 g/mol. The van der Waals surface area contributed by atoms with Crippen LogP contribution in [0.2, 0.25) is 0 Å². The highest BCUT2D eigenvalue weighted by Gasteiger charge is 2.72. The van der Waals surface area contributed by atoms with Crippen LogP contribution in [0.25, 0.3) is 0 Å². The minimum Gasteiger partial charge on any atom is -0.496 e. The Morgan fingerprint density at radius 2 is 1.80 bits per heavy atom. The molecule has 2 heterocycles. The lowest BCUT2D eigenvalue weighted by atomic mass is 9.74. The summed E-state index contributed by atoms with van der Waals surface area (Å²) >= 11 is 1.41. The average molecular weight is 583 g/mol. The first kappa shape index (κ1) is 31.2. The number of likely N-dealkylation sites (tertiary alicyclic amines) is 1. The van der Waals surface area contributed by atoms with Crippen LogP contribution in [0, 0.1) is 23.2 Å². The van der Waals surface area contributed by atoms with Gasteiger partial charge in [-0.1, -0.05) is 54.5 Å². The number of benzene rings is 1. The van der Waals surface area contributed by atoms with Crippen molar-refractivity contribution in [3.05, 3.63) is 45.9 Å². The Morgan fingerprint density at radius 3 is 2.32 bits per heavy atom. The SMILES string of the molecule is COc1cc(C(=O)N2[C@@H](c3nccs3)[C@H]3C(=O)C(C)(C)CC3[C@@]2(CC(C)C)C(=O)OC(C)(C)C)ccc1C(C)(C)C. The molecule has 1 saturated carbocycles. The first-order valence-corrected chi connectivity index (χ1v) is 15.4. The lowest BCUT2D eigenvalue weighted by Crippen LogP contribution is -2.59. The lowest BCUT2D eigenvalue weighted by Gasteiger charge is -2.44. The molecule has 4 rings (SSSR count). The molecule has 7 nitrogen and oxygen atoms in total. The Labute approximate surface area is 249 Å². The van der Waals surface area contributed by atoms with Crippen molar-refractivity contribution in [2.24, 2.45) is 23.2 Å². The van der Waals surface area contributed by atoms with Crippen molar-refractivity contribution in [1.29, 1.82) is 0 Å². The zero-order valence-electron chi connectivity index (χ0n) is 26.5. The number of amides is 1. The van der Waals surface area contributed by atoms with E-state index in [1.807, 2.05) is 59.9 Å². The molecule has 2 fully saturated rings. The number of rotatable bonds is 6. The second-order valence-electron chi connectivity index (χ2n) is 14.8. The third kappa shape index (κ3) is 5.44. The molecule has 1 aromatic heterocycles. The van der Waals surface area contributed by atoms with Gasteiger partial charge in [0.2, 0.25) is 0 Å². The molecule has 41 heavy (non-hydrogen) atoms. The van der Waals surface area contributed by atoms with E-state index in [1.54, 1.807) is 30.3 Å². The van der Waals surface area contributed by atoms with Crippen molar-refractivity contribution in [2.75, 3.05) is 7.11 Å². The van der Waals surface area contributed by atoms with E-state index in [9.17, 15) is 14.4 Å². The molecule has 1 aliphatic carbocycles. The number of carbonyl (C=O) groups excluding carboxylic acids is 3. The van der Waals surface area contributed by atoms with Crippen molar-refractivity contribution in [3.63, 3.8) is 0 Å². The Morgan fingerprint density at radius 1 is 1.15 bits per heavy atom. The van der Waals surface area contributed by atoms with Crippen LogP contribution >= 0.6 is 11.3 Å². The van der Waals surface area contributed by atoms with Gasteiger partial charge in [-0.15, -0.1) is 11.3 Å². The van der Waals surface area contributed by atoms with Crippen LogP contribution < -0.4 is 4.74 Å². The van der Waals surface area contributed by atoms with E-state index >= 15 is 0 Å². The molecular formula is C33H46N2O5S. The summed E-state index contributed by atoms with van der Waals surface area (Å²) in [5, 5.41) is 2.51. The summed E-state index contributed by atoms with van der Waals surface area (Å²) in [6.45, 7) is 19.8. The van der Waals surface area contributed by atoms with E-state index in [1.165, 1.54) is 11.3 Å². The minimum atomic E-state index is -1.35. The second kappa shape index (κ2) is 10.5. The van der Waals surface area contributed by atoms with Crippen molar-refractivity contribution in [1.82, 2.24) is 9.88 Å². The predicted molar refractivity (Wildman–Crippen MR) is 161 cm³/mol. The molecule has 224 valence electrons. The van der Waals surface area contributed by atoms with Crippen LogP contribution in [0.1, 0.15) is 109 Å². The van der Waals surface area contributed by atoms with E-state index in [4.69, 9.17) is 9.47 Å². The van der Waals surface area contributed by atoms with Crippen LogP contribution in [0.5, 0.6) is 5.75 Å². The van der Waals surface area contributed by atoms with Gasteiger partial charge in [-0.25, -0.2) is 9.78 Å². The number of nitrogens with zero attached hydrogens (tertiary/aromatic N) is 2. The monoisotopic (exact) mass is 582 g/mol. The quantitative estimate of drug-likeness (QED) is 0.341. The smallest absolute Gasteiger partial charge is 0.332 e. The lowest BCUT2D eigenvalue weighted by molar-refractivity contribution is -0.171. The van der Waals surface area contributed by atoms with Crippen molar-refractivity contribution >= 4 is 29.0 Å². The Kier molecular flexibility index (Phi) is 8.00. The summed E-state index contributed by atoms with van der Waals surface area (Å²) in [5.74, 6) is -1.03. The maximum Gasteiger partial charge on any atom is 0.332 e. The molecule has 1 saturated heterocycles. The standard InChI is InChI=1S/C33H46N2O5S/c1-19(2)17-33(29(38)40-31(6,7)8)22-18-32(9,10)26(36)24(22)25(27-34-14-15-41-27)35(33)28(37)20-12-13-21(30(3,4)5)23(16-20)39-11/h12-16,19,22,24-25H,17-18H2,1-11H3/t22?,24-,25+,33-/m0/s1. The van der Waals surface area contributed by atoms with Gasteiger partial charge in [0.1, 0.15) is 27.7 Å². The van der Waals surface area contributed by atoms with Gasteiger partial charge in [0.25, 0.3) is 5.91 Å². The number of hydrogen-bond donors (Lipinski definition) is 0. The van der Waals surface area contributed by atoms with Crippen molar-refractivity contribution < 1.29 is 23.9 Å². The fourth-order valence-corrected chi connectivity index (χ4v) is 7.71. The third-order valence-corrected chi connectivity index (χ3v) is 9.29. The van der Waals surface area contributed by atoms with Crippen molar-refractivity contribution in [3.8, 4) is 5.75 Å². The fourth-order valence-electron chi connectivity index (χ4n) is 6.93. The van der Waals surface area contributed by atoms with Crippen LogP contribution in [-0.4, -0.2) is 45.8 Å². The summed E-state index contributed by atoms with van der Waals surface area (Å²) in [5.41, 5.74) is -1.58. The van der Waals surface area contributed by atoms with Gasteiger partial charge in [-0.05, 0) is 62.6 Å². The molecule has 4 atom stereocenters. The van der Waals surface area contributed by atoms with Gasteiger partial charge in [-0.3, -0.25) is 9.59 Å². The van der Waals surface area contributed by atoms with Crippen LogP contribution in [0.3, 0.4) is 0 Å². The number of methoxy groups -OCH3 is 1. The first-order chi connectivity index (χ1) is 18.8. The number of fused-ring (bicyclic) bond motifs is 1. The zero-order valence-corrected chi connectivity index (χ0v) is 27.3. The van der Waals surface area contributed by atoms with Gasteiger partial charge in [0.05, 0.1) is 19.1 Å². The molecule has 2 aromatic rings. The Hall–Kier alpha value is -2.74. The number of hydrogen-bond acceptors (Lipinski definition) is 7. The predicted octanol–water partition coefficient (Wildman–Crippen LogP) is 7.00. The molecule has 8 heteroatoms. The van der Waals surface area contributed by atoms with Gasteiger partial charge in [-0.2, -0.15) is 0 Å². The Balaban J connectivity index is 2.01. The molecule has 1 amide bonds. The van der Waals surface area contributed by atoms with E-state index in [-0.39, 0.29) is 23.0 Å². The topological polar surface area (TPSA) is 85.8 Å². The normalized spacial score (nSPS) is 25.9. The van der Waals surface area contributed by atoms with E-state index in [2.05, 4.69) is 25.8 Å². The maximum atomic E-state index is 14.9. The minimum absolute atomic E-state index is 0.0464. The molecule has 1 aromatic carbocycles. The van der Waals surface area contributed by atoms with Crippen LogP contribution in [0.15, 0.2) is 29.8 Å². The zero-order chi connectivity index (χ0) is 30.7. The summed E-state index contributed by atoms with van der Waals surface area (Å²) in [4.78, 5) is 49.9. The largest absolute Gasteiger partial charge is 0.496 e. The highest BCUT2D eigenvalue weighted by molar-refractivity contribution is 7.09. The molecule has 0 N–H and O–H groups in total. The molecule has 0 bridgehead atoms. The molecule has 2 aliphatic rings. The van der Waals surface area contributed by atoms with E-state index in [0.717, 1.165) is 5.56 Å². The first-order valence-electron chi connectivity index (χ1n) is 14.5. The number of Topliss-reactive ketones (excluding diaryl/α,β-unsaturated/α-hetero) is 1.